The van der Waals surface area contributed by atoms with Gasteiger partial charge in [-0.1, -0.05) is 30.3 Å². The molecule has 0 aliphatic rings. The first kappa shape index (κ1) is 15.2. The van der Waals surface area contributed by atoms with Crippen molar-refractivity contribution in [2.24, 2.45) is 5.92 Å². The minimum atomic E-state index is -0.632. The highest BCUT2D eigenvalue weighted by atomic mass is 16.1. The van der Waals surface area contributed by atoms with E-state index in [1.54, 1.807) is 0 Å². The van der Waals surface area contributed by atoms with Crippen LogP contribution in [-0.4, -0.2) is 37.5 Å². The SMILES string of the molecule is CC(CN(C)C)NC(=O)C(C#N)Cc1ccccc1. The molecular formula is C15H21N3O. The molecule has 0 saturated heterocycles. The summed E-state index contributed by atoms with van der Waals surface area (Å²) in [5, 5.41) is 12.0. The number of carbonyl (C=O) groups excluding carboxylic acids is 1. The summed E-state index contributed by atoms with van der Waals surface area (Å²) < 4.78 is 0. The van der Waals surface area contributed by atoms with Gasteiger partial charge in [0, 0.05) is 12.6 Å². The summed E-state index contributed by atoms with van der Waals surface area (Å²) in [4.78, 5) is 14.0. The van der Waals surface area contributed by atoms with Crippen LogP contribution in [0.15, 0.2) is 30.3 Å². The Morgan fingerprint density at radius 3 is 2.53 bits per heavy atom. The van der Waals surface area contributed by atoms with E-state index in [1.165, 1.54) is 0 Å². The topological polar surface area (TPSA) is 56.1 Å². The first-order valence-corrected chi connectivity index (χ1v) is 6.41. The van der Waals surface area contributed by atoms with Gasteiger partial charge in [-0.05, 0) is 33.0 Å². The zero-order chi connectivity index (χ0) is 14.3. The molecule has 1 amide bonds. The summed E-state index contributed by atoms with van der Waals surface area (Å²) in [5.41, 5.74) is 1.00. The van der Waals surface area contributed by atoms with Crippen LogP contribution in [0.1, 0.15) is 12.5 Å². The summed E-state index contributed by atoms with van der Waals surface area (Å²) in [7, 11) is 3.91. The number of nitriles is 1. The largest absolute Gasteiger partial charge is 0.351 e. The lowest BCUT2D eigenvalue weighted by Gasteiger charge is -2.19. The fourth-order valence-corrected chi connectivity index (χ4v) is 1.98. The van der Waals surface area contributed by atoms with Crippen LogP contribution in [-0.2, 0) is 11.2 Å². The maximum atomic E-state index is 12.0. The lowest BCUT2D eigenvalue weighted by Crippen LogP contribution is -2.42. The third-order valence-corrected chi connectivity index (χ3v) is 2.78. The monoisotopic (exact) mass is 259 g/mol. The van der Waals surface area contributed by atoms with Crippen LogP contribution in [0.3, 0.4) is 0 Å². The second-order valence-corrected chi connectivity index (χ2v) is 5.04. The van der Waals surface area contributed by atoms with E-state index in [2.05, 4.69) is 11.4 Å². The molecule has 4 heteroatoms. The Kier molecular flexibility index (Phi) is 6.04. The Labute approximate surface area is 115 Å². The number of nitrogens with one attached hydrogen (secondary N) is 1. The van der Waals surface area contributed by atoms with Crippen LogP contribution < -0.4 is 5.32 Å². The molecule has 0 bridgehead atoms. The van der Waals surface area contributed by atoms with Crippen LogP contribution in [0.25, 0.3) is 0 Å². The Balaban J connectivity index is 2.56. The molecule has 0 fully saturated rings. The standard InChI is InChI=1S/C15H21N3O/c1-12(11-18(2)3)17-15(19)14(10-16)9-13-7-5-4-6-8-13/h4-8,12,14H,9,11H2,1-3H3,(H,17,19). The molecule has 0 spiro atoms. The molecule has 4 nitrogen and oxygen atoms in total. The van der Waals surface area contributed by atoms with Gasteiger partial charge in [0.15, 0.2) is 0 Å². The molecular weight excluding hydrogens is 238 g/mol. The number of hydrogen-bond donors (Lipinski definition) is 1. The van der Waals surface area contributed by atoms with Gasteiger partial charge in [0.2, 0.25) is 5.91 Å². The van der Waals surface area contributed by atoms with Gasteiger partial charge in [0.05, 0.1) is 6.07 Å². The molecule has 1 rings (SSSR count). The van der Waals surface area contributed by atoms with Gasteiger partial charge in [0.25, 0.3) is 0 Å². The molecule has 1 aromatic carbocycles. The first-order valence-electron chi connectivity index (χ1n) is 6.41. The van der Waals surface area contributed by atoms with Gasteiger partial charge in [0.1, 0.15) is 5.92 Å². The average molecular weight is 259 g/mol. The Hall–Kier alpha value is -1.86. The second-order valence-electron chi connectivity index (χ2n) is 5.04. The molecule has 2 unspecified atom stereocenters. The Morgan fingerprint density at radius 2 is 2.00 bits per heavy atom. The zero-order valence-corrected chi connectivity index (χ0v) is 11.8. The predicted molar refractivity (Wildman–Crippen MR) is 75.4 cm³/mol. The number of benzene rings is 1. The van der Waals surface area contributed by atoms with Crippen molar-refractivity contribution in [1.29, 1.82) is 5.26 Å². The fraction of sp³-hybridized carbons (Fsp3) is 0.467. The molecule has 1 N–H and O–H groups in total. The van der Waals surface area contributed by atoms with Crippen LogP contribution in [0, 0.1) is 17.2 Å². The lowest BCUT2D eigenvalue weighted by molar-refractivity contribution is -0.124. The number of nitrogens with zero attached hydrogens (tertiary/aromatic N) is 2. The quantitative estimate of drug-likeness (QED) is 0.841. The molecule has 0 radical (unpaired) electrons. The summed E-state index contributed by atoms with van der Waals surface area (Å²) in [6.45, 7) is 2.70. The minimum Gasteiger partial charge on any atom is -0.351 e. The van der Waals surface area contributed by atoms with E-state index < -0.39 is 5.92 Å². The highest BCUT2D eigenvalue weighted by molar-refractivity contribution is 5.81. The molecule has 0 heterocycles. The smallest absolute Gasteiger partial charge is 0.237 e. The molecule has 0 aromatic heterocycles. The number of amides is 1. The van der Waals surface area contributed by atoms with Crippen molar-refractivity contribution in [2.75, 3.05) is 20.6 Å². The lowest BCUT2D eigenvalue weighted by atomic mass is 9.99. The predicted octanol–water partition coefficient (Wildman–Crippen LogP) is 1.44. The van der Waals surface area contributed by atoms with Crippen molar-refractivity contribution in [3.8, 4) is 6.07 Å². The van der Waals surface area contributed by atoms with E-state index in [-0.39, 0.29) is 11.9 Å². The molecule has 102 valence electrons. The molecule has 1 aromatic rings. The van der Waals surface area contributed by atoms with Gasteiger partial charge in [-0.15, -0.1) is 0 Å². The normalized spacial score (nSPS) is 13.6. The molecule has 19 heavy (non-hydrogen) atoms. The summed E-state index contributed by atoms with van der Waals surface area (Å²) in [5.74, 6) is -0.826. The van der Waals surface area contributed by atoms with E-state index in [0.29, 0.717) is 6.42 Å². The number of hydrogen-bond acceptors (Lipinski definition) is 3. The van der Waals surface area contributed by atoms with E-state index in [0.717, 1.165) is 12.1 Å². The molecule has 0 aliphatic carbocycles. The minimum absolute atomic E-state index is 0.0362. The van der Waals surface area contributed by atoms with E-state index in [4.69, 9.17) is 5.26 Å². The maximum absolute atomic E-state index is 12.0. The number of rotatable bonds is 6. The zero-order valence-electron chi connectivity index (χ0n) is 11.8. The van der Waals surface area contributed by atoms with E-state index in [1.807, 2.05) is 56.3 Å². The highest BCUT2D eigenvalue weighted by Crippen LogP contribution is 2.08. The summed E-state index contributed by atoms with van der Waals surface area (Å²) >= 11 is 0. The van der Waals surface area contributed by atoms with E-state index in [9.17, 15) is 4.79 Å². The molecule has 0 aliphatic heterocycles. The number of likely N-dealkylation sites (N-methyl/N-ethyl adjacent to an activating group) is 1. The average Bonchev–Trinajstić information content (AvgIpc) is 2.35. The molecule has 2 atom stereocenters. The third-order valence-electron chi connectivity index (χ3n) is 2.78. The van der Waals surface area contributed by atoms with Crippen LogP contribution in [0.5, 0.6) is 0 Å². The van der Waals surface area contributed by atoms with Gasteiger partial charge < -0.3 is 10.2 Å². The van der Waals surface area contributed by atoms with Gasteiger partial charge in [-0.25, -0.2) is 0 Å². The van der Waals surface area contributed by atoms with Crippen molar-refractivity contribution in [1.82, 2.24) is 10.2 Å². The van der Waals surface area contributed by atoms with Crippen LogP contribution >= 0.6 is 0 Å². The van der Waals surface area contributed by atoms with Crippen molar-refractivity contribution >= 4 is 5.91 Å². The van der Waals surface area contributed by atoms with Crippen molar-refractivity contribution in [3.05, 3.63) is 35.9 Å². The second kappa shape index (κ2) is 7.55. The number of carbonyl (C=O) groups is 1. The van der Waals surface area contributed by atoms with Gasteiger partial charge in [-0.3, -0.25) is 4.79 Å². The van der Waals surface area contributed by atoms with Crippen molar-refractivity contribution in [2.45, 2.75) is 19.4 Å². The third kappa shape index (κ3) is 5.54. The highest BCUT2D eigenvalue weighted by Gasteiger charge is 2.20. The first-order chi connectivity index (χ1) is 9.02. The van der Waals surface area contributed by atoms with Crippen molar-refractivity contribution < 1.29 is 4.79 Å². The van der Waals surface area contributed by atoms with E-state index >= 15 is 0 Å². The van der Waals surface area contributed by atoms with Crippen LogP contribution in [0.2, 0.25) is 0 Å². The maximum Gasteiger partial charge on any atom is 0.237 e. The Bertz CT molecular complexity index is 436. The molecule has 0 saturated carbocycles. The summed E-state index contributed by atoms with van der Waals surface area (Å²) in [6.07, 6.45) is 0.456. The van der Waals surface area contributed by atoms with Gasteiger partial charge in [-0.2, -0.15) is 5.26 Å². The van der Waals surface area contributed by atoms with Crippen LogP contribution in [0.4, 0.5) is 0 Å². The van der Waals surface area contributed by atoms with Crippen molar-refractivity contribution in [3.63, 3.8) is 0 Å². The fourth-order valence-electron chi connectivity index (χ4n) is 1.98. The summed E-state index contributed by atoms with van der Waals surface area (Å²) in [6, 6.07) is 11.7. The Morgan fingerprint density at radius 1 is 1.37 bits per heavy atom. The van der Waals surface area contributed by atoms with Gasteiger partial charge >= 0.3 is 0 Å².